The first kappa shape index (κ1) is 31.0. The highest BCUT2D eigenvalue weighted by Crippen LogP contribution is 2.12. The maximum atomic E-state index is 10.3. The van der Waals surface area contributed by atoms with Crippen molar-refractivity contribution in [1.29, 1.82) is 0 Å². The molecule has 0 radical (unpaired) electrons. The van der Waals surface area contributed by atoms with Crippen LogP contribution in [0.25, 0.3) is 0 Å². The van der Waals surface area contributed by atoms with Gasteiger partial charge in [0.05, 0.1) is 6.10 Å². The highest BCUT2D eigenvalue weighted by atomic mass is 16.4. The van der Waals surface area contributed by atoms with Gasteiger partial charge < -0.3 is 20.4 Å². The summed E-state index contributed by atoms with van der Waals surface area (Å²) < 4.78 is 0. The fourth-order valence-corrected chi connectivity index (χ4v) is 3.20. The van der Waals surface area contributed by atoms with Gasteiger partial charge in [-0.3, -0.25) is 4.79 Å². The minimum atomic E-state index is -1.16. The Labute approximate surface area is 184 Å². The van der Waals surface area contributed by atoms with Crippen LogP contribution >= 0.6 is 0 Å². The van der Waals surface area contributed by atoms with Crippen LogP contribution in [0.4, 0.5) is 0 Å². The molecule has 6 heteroatoms. The lowest BCUT2D eigenvalue weighted by atomic mass is 10.0. The summed E-state index contributed by atoms with van der Waals surface area (Å²) >= 11 is 0. The summed E-state index contributed by atoms with van der Waals surface area (Å²) in [4.78, 5) is 20.5. The lowest BCUT2D eigenvalue weighted by molar-refractivity contribution is -0.147. The van der Waals surface area contributed by atoms with Crippen molar-refractivity contribution < 1.29 is 30.0 Å². The monoisotopic (exact) mass is 432 g/mol. The van der Waals surface area contributed by atoms with E-state index in [1.54, 1.807) is 0 Å². The molecule has 30 heavy (non-hydrogen) atoms. The van der Waals surface area contributed by atoms with E-state index in [9.17, 15) is 14.7 Å². The van der Waals surface area contributed by atoms with Gasteiger partial charge in [0.2, 0.25) is 0 Å². The second-order valence-electron chi connectivity index (χ2n) is 8.26. The molecule has 6 nitrogen and oxygen atoms in total. The molecule has 0 fully saturated rings. The van der Waals surface area contributed by atoms with E-state index in [1.807, 2.05) is 0 Å². The van der Waals surface area contributed by atoms with Crippen molar-refractivity contribution in [2.24, 2.45) is 0 Å². The number of carbonyl (C=O) groups is 2. The third-order valence-electron chi connectivity index (χ3n) is 5.19. The van der Waals surface area contributed by atoms with Gasteiger partial charge in [-0.1, -0.05) is 97.3 Å². The number of hydrogen-bond acceptors (Lipinski definition) is 4. The molecule has 0 aliphatic carbocycles. The number of aliphatic hydroxyl groups is 2. The maximum absolute atomic E-state index is 10.3. The molecule has 0 spiro atoms. The van der Waals surface area contributed by atoms with Gasteiger partial charge in [0.25, 0.3) is 0 Å². The van der Waals surface area contributed by atoms with E-state index in [2.05, 4.69) is 13.8 Å². The molecule has 0 saturated carbocycles. The number of carboxylic acid groups (broad SMARTS) is 2. The lowest BCUT2D eigenvalue weighted by Crippen LogP contribution is -2.18. The Morgan fingerprint density at radius 1 is 0.600 bits per heavy atom. The molecule has 0 aliphatic rings. The Hall–Kier alpha value is -1.14. The zero-order valence-electron chi connectivity index (χ0n) is 19.5. The van der Waals surface area contributed by atoms with Crippen LogP contribution in [0.15, 0.2) is 0 Å². The SMILES string of the molecule is CCCCCCC(O)CCCCC(=O)O.CCCCCCCCCCC(O)C(=O)O. The summed E-state index contributed by atoms with van der Waals surface area (Å²) in [7, 11) is 0. The van der Waals surface area contributed by atoms with Crippen molar-refractivity contribution in [2.45, 2.75) is 142 Å². The van der Waals surface area contributed by atoms with Crippen LogP contribution in [0.5, 0.6) is 0 Å². The summed E-state index contributed by atoms with van der Waals surface area (Å²) in [5.74, 6) is -1.84. The summed E-state index contributed by atoms with van der Waals surface area (Å²) in [6.07, 6.45) is 16.5. The van der Waals surface area contributed by atoms with E-state index in [4.69, 9.17) is 15.3 Å². The van der Waals surface area contributed by atoms with Crippen molar-refractivity contribution in [3.63, 3.8) is 0 Å². The van der Waals surface area contributed by atoms with E-state index >= 15 is 0 Å². The van der Waals surface area contributed by atoms with Gasteiger partial charge in [-0.15, -0.1) is 0 Å². The first-order valence-corrected chi connectivity index (χ1v) is 12.2. The zero-order valence-corrected chi connectivity index (χ0v) is 19.5. The molecule has 180 valence electrons. The van der Waals surface area contributed by atoms with Gasteiger partial charge in [-0.25, -0.2) is 4.79 Å². The lowest BCUT2D eigenvalue weighted by Gasteiger charge is -2.09. The van der Waals surface area contributed by atoms with Crippen LogP contribution in [0.1, 0.15) is 129 Å². The second kappa shape index (κ2) is 24.1. The predicted molar refractivity (Wildman–Crippen MR) is 122 cm³/mol. The van der Waals surface area contributed by atoms with E-state index in [0.717, 1.165) is 44.9 Å². The Morgan fingerprint density at radius 3 is 1.47 bits per heavy atom. The van der Waals surface area contributed by atoms with Gasteiger partial charge in [-0.05, 0) is 25.7 Å². The standard InChI is InChI=1S/2C12H24O3/c1-2-3-4-5-8-11(13)9-6-7-10-12(14)15;1-2-3-4-5-6-7-8-9-10-11(13)12(14)15/h2*11,13H,2-10H2,1H3,(H,14,15). The predicted octanol–water partition coefficient (Wildman–Crippen LogP) is 5.93. The highest BCUT2D eigenvalue weighted by molar-refractivity contribution is 5.71. The molecule has 0 bridgehead atoms. The quantitative estimate of drug-likeness (QED) is 0.177. The molecule has 2 unspecified atom stereocenters. The summed E-state index contributed by atoms with van der Waals surface area (Å²) in [5, 5.41) is 35.4. The molecule has 0 aromatic carbocycles. The Balaban J connectivity index is 0. The van der Waals surface area contributed by atoms with E-state index in [1.165, 1.54) is 51.4 Å². The van der Waals surface area contributed by atoms with E-state index in [0.29, 0.717) is 12.8 Å². The van der Waals surface area contributed by atoms with Gasteiger partial charge >= 0.3 is 11.9 Å². The second-order valence-corrected chi connectivity index (χ2v) is 8.26. The number of aliphatic hydroxyl groups excluding tert-OH is 2. The van der Waals surface area contributed by atoms with Crippen LogP contribution in [0.3, 0.4) is 0 Å². The number of aliphatic carboxylic acids is 2. The van der Waals surface area contributed by atoms with Gasteiger partial charge in [-0.2, -0.15) is 0 Å². The molecule has 0 aliphatic heterocycles. The largest absolute Gasteiger partial charge is 0.481 e. The number of rotatable bonds is 20. The average molecular weight is 433 g/mol. The summed E-state index contributed by atoms with van der Waals surface area (Å²) in [6, 6.07) is 0. The van der Waals surface area contributed by atoms with Crippen LogP contribution in [0, 0.1) is 0 Å². The molecule has 0 aromatic heterocycles. The minimum Gasteiger partial charge on any atom is -0.481 e. The van der Waals surface area contributed by atoms with Crippen molar-refractivity contribution in [1.82, 2.24) is 0 Å². The molecule has 4 N–H and O–H groups in total. The summed E-state index contributed by atoms with van der Waals surface area (Å²) in [5.41, 5.74) is 0. The molecule has 0 saturated heterocycles. The molecule has 2 atom stereocenters. The first-order chi connectivity index (χ1) is 14.3. The van der Waals surface area contributed by atoms with Crippen molar-refractivity contribution >= 4 is 11.9 Å². The van der Waals surface area contributed by atoms with Gasteiger partial charge in [0.1, 0.15) is 0 Å². The minimum absolute atomic E-state index is 0.225. The van der Waals surface area contributed by atoms with Gasteiger partial charge in [0.15, 0.2) is 6.10 Å². The topological polar surface area (TPSA) is 115 Å². The fourth-order valence-electron chi connectivity index (χ4n) is 3.20. The molecular formula is C24H48O6. The van der Waals surface area contributed by atoms with Crippen LogP contribution in [-0.4, -0.2) is 44.6 Å². The van der Waals surface area contributed by atoms with Crippen LogP contribution in [0.2, 0.25) is 0 Å². The van der Waals surface area contributed by atoms with Gasteiger partial charge in [0, 0.05) is 6.42 Å². The Kier molecular flexibility index (Phi) is 25.0. The van der Waals surface area contributed by atoms with Crippen molar-refractivity contribution in [3.05, 3.63) is 0 Å². The van der Waals surface area contributed by atoms with Crippen LogP contribution < -0.4 is 0 Å². The van der Waals surface area contributed by atoms with Crippen LogP contribution in [-0.2, 0) is 9.59 Å². The Bertz CT molecular complexity index is 386. The molecule has 0 amide bonds. The van der Waals surface area contributed by atoms with Crippen molar-refractivity contribution in [3.8, 4) is 0 Å². The normalized spacial score (nSPS) is 12.7. The highest BCUT2D eigenvalue weighted by Gasteiger charge is 2.11. The molecule has 0 aromatic rings. The van der Waals surface area contributed by atoms with E-state index < -0.39 is 18.0 Å². The van der Waals surface area contributed by atoms with E-state index in [-0.39, 0.29) is 12.5 Å². The Morgan fingerprint density at radius 2 is 1.00 bits per heavy atom. The first-order valence-electron chi connectivity index (χ1n) is 12.2. The average Bonchev–Trinajstić information content (AvgIpc) is 2.70. The molecular weight excluding hydrogens is 384 g/mol. The third kappa shape index (κ3) is 26.9. The maximum Gasteiger partial charge on any atom is 0.332 e. The van der Waals surface area contributed by atoms with Crippen molar-refractivity contribution in [2.75, 3.05) is 0 Å². The molecule has 0 rings (SSSR count). The third-order valence-corrected chi connectivity index (χ3v) is 5.19. The zero-order chi connectivity index (χ0) is 23.0. The smallest absolute Gasteiger partial charge is 0.332 e. The molecule has 0 heterocycles. The number of carboxylic acids is 2. The summed E-state index contributed by atoms with van der Waals surface area (Å²) in [6.45, 7) is 4.37. The number of unbranched alkanes of at least 4 members (excludes halogenated alkanes) is 11. The fraction of sp³-hybridized carbons (Fsp3) is 0.917. The number of hydrogen-bond donors (Lipinski definition) is 4.